The number of ether oxygens (including phenoxy) is 3. The summed E-state index contributed by atoms with van der Waals surface area (Å²) < 4.78 is 16.9. The Hall–Kier alpha value is -2.13. The quantitative estimate of drug-likeness (QED) is 0.459. The van der Waals surface area contributed by atoms with Gasteiger partial charge in [-0.1, -0.05) is 29.8 Å². The number of methoxy groups -OCH3 is 1. The number of hydrogen-bond acceptors (Lipinski definition) is 3. The summed E-state index contributed by atoms with van der Waals surface area (Å²) in [5.41, 5.74) is 2.27. The van der Waals surface area contributed by atoms with Gasteiger partial charge in [-0.2, -0.15) is 0 Å². The summed E-state index contributed by atoms with van der Waals surface area (Å²) in [6.07, 6.45) is 3.42. The molecule has 0 saturated heterocycles. The largest absolute Gasteiger partial charge is 0.493 e. The molecule has 2 rings (SSSR count). The van der Waals surface area contributed by atoms with Crippen LogP contribution in [0.25, 0.3) is 0 Å². The van der Waals surface area contributed by atoms with E-state index in [1.54, 1.807) is 7.11 Å². The summed E-state index contributed by atoms with van der Waals surface area (Å²) in [6, 6.07) is 11.7. The molecule has 0 atom stereocenters. The molecule has 128 valence electrons. The van der Waals surface area contributed by atoms with Crippen molar-refractivity contribution < 1.29 is 14.2 Å². The topological polar surface area (TPSA) is 27.7 Å². The normalized spacial score (nSPS) is 10.3. The second-order valence-corrected chi connectivity index (χ2v) is 5.87. The molecule has 24 heavy (non-hydrogen) atoms. The van der Waals surface area contributed by atoms with E-state index in [0.717, 1.165) is 35.5 Å². The van der Waals surface area contributed by atoms with E-state index in [1.165, 1.54) is 0 Å². The lowest BCUT2D eigenvalue weighted by atomic mass is 10.1. The number of allylic oxidation sites excluding steroid dienone is 1. The highest BCUT2D eigenvalue weighted by Crippen LogP contribution is 2.29. The summed E-state index contributed by atoms with van der Waals surface area (Å²) >= 11 is 6.11. The highest BCUT2D eigenvalue weighted by molar-refractivity contribution is 6.32. The second-order valence-electron chi connectivity index (χ2n) is 5.46. The van der Waals surface area contributed by atoms with Crippen LogP contribution in [0.4, 0.5) is 0 Å². The van der Waals surface area contributed by atoms with Crippen LogP contribution in [0.3, 0.4) is 0 Å². The van der Waals surface area contributed by atoms with Crippen molar-refractivity contribution >= 4 is 11.6 Å². The van der Waals surface area contributed by atoms with Crippen molar-refractivity contribution in [3.05, 3.63) is 65.2 Å². The molecule has 0 saturated carbocycles. The minimum Gasteiger partial charge on any atom is -0.493 e. The first-order chi connectivity index (χ1) is 11.6. The average Bonchev–Trinajstić information content (AvgIpc) is 2.58. The lowest BCUT2D eigenvalue weighted by Crippen LogP contribution is -2.06. The number of halogens is 1. The highest BCUT2D eigenvalue weighted by Gasteiger charge is 2.06. The van der Waals surface area contributed by atoms with Crippen molar-refractivity contribution in [1.82, 2.24) is 0 Å². The molecule has 2 aromatic rings. The molecule has 0 aliphatic carbocycles. The van der Waals surface area contributed by atoms with E-state index in [0.29, 0.717) is 24.0 Å². The fourth-order valence-corrected chi connectivity index (χ4v) is 2.44. The van der Waals surface area contributed by atoms with Crippen LogP contribution in [0, 0.1) is 6.92 Å². The van der Waals surface area contributed by atoms with Gasteiger partial charge in [-0.3, -0.25) is 0 Å². The highest BCUT2D eigenvalue weighted by atomic mass is 35.5. The van der Waals surface area contributed by atoms with Crippen LogP contribution >= 0.6 is 11.6 Å². The zero-order valence-electron chi connectivity index (χ0n) is 14.2. The van der Waals surface area contributed by atoms with Crippen LogP contribution in [-0.2, 0) is 6.42 Å². The number of aryl methyl sites for hydroxylation is 1. The van der Waals surface area contributed by atoms with Crippen LogP contribution < -0.4 is 14.2 Å². The van der Waals surface area contributed by atoms with Crippen molar-refractivity contribution in [1.29, 1.82) is 0 Å². The minimum absolute atomic E-state index is 0.542. The molecule has 0 bridgehead atoms. The van der Waals surface area contributed by atoms with E-state index < -0.39 is 0 Å². The van der Waals surface area contributed by atoms with Crippen LogP contribution in [0.2, 0.25) is 5.02 Å². The van der Waals surface area contributed by atoms with Gasteiger partial charge in [0.25, 0.3) is 0 Å². The zero-order valence-corrected chi connectivity index (χ0v) is 14.9. The van der Waals surface area contributed by atoms with Gasteiger partial charge in [-0.25, -0.2) is 0 Å². The molecule has 0 aliphatic heterocycles. The Morgan fingerprint density at radius 3 is 2.46 bits per heavy atom. The van der Waals surface area contributed by atoms with Crippen molar-refractivity contribution in [2.75, 3.05) is 20.3 Å². The summed E-state index contributed by atoms with van der Waals surface area (Å²) in [6.45, 7) is 6.84. The zero-order chi connectivity index (χ0) is 17.4. The van der Waals surface area contributed by atoms with Crippen molar-refractivity contribution in [2.45, 2.75) is 19.8 Å². The van der Waals surface area contributed by atoms with Gasteiger partial charge in [-0.05, 0) is 48.7 Å². The molecule has 0 aliphatic rings. The molecule has 0 unspecified atom stereocenters. The Balaban J connectivity index is 1.81. The molecule has 0 N–H and O–H groups in total. The molecule has 0 fully saturated rings. The third-order valence-corrected chi connectivity index (χ3v) is 3.81. The molecule has 0 amide bonds. The van der Waals surface area contributed by atoms with Gasteiger partial charge in [0, 0.05) is 6.42 Å². The first-order valence-electron chi connectivity index (χ1n) is 7.93. The van der Waals surface area contributed by atoms with E-state index in [2.05, 4.69) is 6.58 Å². The predicted octanol–water partition coefficient (Wildman–Crippen LogP) is 5.23. The Bertz CT molecular complexity index is 683. The van der Waals surface area contributed by atoms with Crippen LogP contribution in [0.1, 0.15) is 17.5 Å². The van der Waals surface area contributed by atoms with E-state index in [4.69, 9.17) is 25.8 Å². The number of hydrogen-bond donors (Lipinski definition) is 0. The average molecular weight is 347 g/mol. The van der Waals surface area contributed by atoms with Gasteiger partial charge in [0.2, 0.25) is 0 Å². The van der Waals surface area contributed by atoms with E-state index in [1.807, 2.05) is 49.4 Å². The van der Waals surface area contributed by atoms with Gasteiger partial charge in [-0.15, -0.1) is 6.58 Å². The van der Waals surface area contributed by atoms with Crippen molar-refractivity contribution in [3.8, 4) is 17.2 Å². The standard InChI is InChI=1S/C20H23ClO3/c1-4-6-16-8-10-18(20(14-16)22-3)23-11-5-12-24-19-13-15(2)7-9-17(19)21/h4,7-10,13-14H,1,5-6,11-12H2,2-3H3. The van der Waals surface area contributed by atoms with Gasteiger partial charge < -0.3 is 14.2 Å². The van der Waals surface area contributed by atoms with Crippen LogP contribution in [0.5, 0.6) is 17.2 Å². The Labute approximate surface area is 148 Å². The van der Waals surface area contributed by atoms with Crippen LogP contribution in [0.15, 0.2) is 49.1 Å². The monoisotopic (exact) mass is 346 g/mol. The van der Waals surface area contributed by atoms with Crippen molar-refractivity contribution in [3.63, 3.8) is 0 Å². The summed E-state index contributed by atoms with van der Waals surface area (Å²) in [4.78, 5) is 0. The van der Waals surface area contributed by atoms with Gasteiger partial charge in [0.1, 0.15) is 5.75 Å². The maximum Gasteiger partial charge on any atom is 0.161 e. The first kappa shape index (κ1) is 18.2. The summed E-state index contributed by atoms with van der Waals surface area (Å²) in [5, 5.41) is 0.626. The van der Waals surface area contributed by atoms with Crippen LogP contribution in [-0.4, -0.2) is 20.3 Å². The molecule has 0 spiro atoms. The van der Waals surface area contributed by atoms with E-state index in [9.17, 15) is 0 Å². The van der Waals surface area contributed by atoms with Gasteiger partial charge in [0.15, 0.2) is 11.5 Å². The Morgan fingerprint density at radius 1 is 1.00 bits per heavy atom. The maximum atomic E-state index is 6.11. The lowest BCUT2D eigenvalue weighted by Gasteiger charge is -2.12. The molecule has 4 heteroatoms. The molecular weight excluding hydrogens is 324 g/mol. The molecule has 3 nitrogen and oxygen atoms in total. The van der Waals surface area contributed by atoms with E-state index >= 15 is 0 Å². The van der Waals surface area contributed by atoms with Gasteiger partial charge in [0.05, 0.1) is 25.3 Å². The van der Waals surface area contributed by atoms with Crippen molar-refractivity contribution in [2.24, 2.45) is 0 Å². The smallest absolute Gasteiger partial charge is 0.161 e. The molecule has 2 aromatic carbocycles. The first-order valence-corrected chi connectivity index (χ1v) is 8.31. The van der Waals surface area contributed by atoms with E-state index in [-0.39, 0.29) is 0 Å². The lowest BCUT2D eigenvalue weighted by molar-refractivity contribution is 0.240. The summed E-state index contributed by atoms with van der Waals surface area (Å²) in [7, 11) is 1.64. The molecule has 0 aromatic heterocycles. The Morgan fingerprint density at radius 2 is 1.75 bits per heavy atom. The Kier molecular flexibility index (Phi) is 7.01. The number of rotatable bonds is 9. The third-order valence-electron chi connectivity index (χ3n) is 3.50. The second kappa shape index (κ2) is 9.24. The number of benzene rings is 2. The summed E-state index contributed by atoms with van der Waals surface area (Å²) in [5.74, 6) is 2.18. The predicted molar refractivity (Wildman–Crippen MR) is 98.7 cm³/mol. The molecular formula is C20H23ClO3. The maximum absolute atomic E-state index is 6.11. The SMILES string of the molecule is C=CCc1ccc(OCCCOc2cc(C)ccc2Cl)c(OC)c1. The molecule has 0 heterocycles. The third kappa shape index (κ3) is 5.20. The van der Waals surface area contributed by atoms with Gasteiger partial charge >= 0.3 is 0 Å². The minimum atomic E-state index is 0.542. The molecule has 0 radical (unpaired) electrons. The fraction of sp³-hybridized carbons (Fsp3) is 0.300. The fourth-order valence-electron chi connectivity index (χ4n) is 2.27.